The Morgan fingerprint density at radius 1 is 0.952 bits per heavy atom. The molecule has 1 saturated heterocycles. The van der Waals surface area contributed by atoms with Gasteiger partial charge in [-0.1, -0.05) is 19.3 Å². The van der Waals surface area contributed by atoms with E-state index in [1.165, 1.54) is 56.3 Å². The average Bonchev–Trinajstić information content (AvgIpc) is 3.41. The number of anilines is 1. The summed E-state index contributed by atoms with van der Waals surface area (Å²) >= 11 is 0. The van der Waals surface area contributed by atoms with Crippen LogP contribution in [0.25, 0.3) is 0 Å². The van der Waals surface area contributed by atoms with E-state index in [0.29, 0.717) is 11.8 Å². The third kappa shape index (κ3) is 2.91. The molecule has 0 aromatic carbocycles. The Morgan fingerprint density at radius 3 is 2.43 bits per heavy atom. The van der Waals surface area contributed by atoms with Gasteiger partial charge in [0, 0.05) is 38.0 Å². The molecule has 3 fully saturated rings. The van der Waals surface area contributed by atoms with E-state index in [0.717, 1.165) is 32.0 Å². The van der Waals surface area contributed by atoms with Crippen molar-refractivity contribution in [2.75, 3.05) is 31.1 Å². The highest BCUT2D eigenvalue weighted by atomic mass is 15.2. The van der Waals surface area contributed by atoms with Gasteiger partial charge in [-0.2, -0.15) is 0 Å². The summed E-state index contributed by atoms with van der Waals surface area (Å²) in [6.45, 7) is 4.33. The molecule has 1 N–H and O–H groups in total. The number of nitrogens with zero attached hydrogens (tertiary/aromatic N) is 3. The Kier molecular flexibility index (Phi) is 3.80. The van der Waals surface area contributed by atoms with Gasteiger partial charge in [0.2, 0.25) is 0 Å². The van der Waals surface area contributed by atoms with Gasteiger partial charge in [-0.25, -0.2) is 9.97 Å². The highest BCUT2D eigenvalue weighted by Gasteiger charge is 2.30. The minimum Gasteiger partial charge on any atom is -0.366 e. The van der Waals surface area contributed by atoms with Crippen LogP contribution in [0.1, 0.15) is 68.3 Å². The number of piperazine rings is 1. The summed E-state index contributed by atoms with van der Waals surface area (Å²) in [4.78, 5) is 12.3. The largest absolute Gasteiger partial charge is 0.366 e. The highest BCUT2D eigenvalue weighted by Crippen LogP contribution is 2.41. The van der Waals surface area contributed by atoms with Crippen molar-refractivity contribution in [3.05, 3.63) is 17.7 Å². The van der Waals surface area contributed by atoms with Crippen LogP contribution in [0.3, 0.4) is 0 Å². The maximum atomic E-state index is 5.06. The number of hydrogen-bond donors (Lipinski definition) is 1. The number of hydrogen-bond acceptors (Lipinski definition) is 4. The molecule has 0 bridgehead atoms. The van der Waals surface area contributed by atoms with Crippen molar-refractivity contribution in [1.82, 2.24) is 15.3 Å². The first-order chi connectivity index (χ1) is 10.4. The molecule has 4 heteroatoms. The molecule has 4 nitrogen and oxygen atoms in total. The van der Waals surface area contributed by atoms with Crippen LogP contribution in [0.2, 0.25) is 0 Å². The molecule has 0 radical (unpaired) electrons. The van der Waals surface area contributed by atoms with Gasteiger partial charge in [-0.05, 0) is 25.7 Å². The van der Waals surface area contributed by atoms with Gasteiger partial charge in [0.1, 0.15) is 5.82 Å². The van der Waals surface area contributed by atoms with Crippen LogP contribution in [-0.4, -0.2) is 36.1 Å². The van der Waals surface area contributed by atoms with Gasteiger partial charge in [0.25, 0.3) is 0 Å². The molecular formula is C17H26N4. The minimum atomic E-state index is 0.657. The molecule has 0 atom stereocenters. The van der Waals surface area contributed by atoms with Gasteiger partial charge in [0.15, 0.2) is 0 Å². The minimum absolute atomic E-state index is 0.657. The summed E-state index contributed by atoms with van der Waals surface area (Å²) in [5.41, 5.74) is 2.70. The van der Waals surface area contributed by atoms with Crippen LogP contribution in [0.5, 0.6) is 0 Å². The lowest BCUT2D eigenvalue weighted by atomic mass is 9.86. The van der Waals surface area contributed by atoms with E-state index in [-0.39, 0.29) is 0 Å². The Hall–Kier alpha value is -1.16. The second-order valence-electron chi connectivity index (χ2n) is 6.84. The molecule has 1 aliphatic heterocycles. The van der Waals surface area contributed by atoms with Crippen molar-refractivity contribution >= 4 is 5.69 Å². The van der Waals surface area contributed by atoms with Gasteiger partial charge < -0.3 is 10.2 Å². The predicted octanol–water partition coefficient (Wildman–Crippen LogP) is 2.81. The number of aromatic nitrogens is 2. The van der Waals surface area contributed by atoms with E-state index in [9.17, 15) is 0 Å². The molecule has 114 valence electrons. The van der Waals surface area contributed by atoms with Crippen molar-refractivity contribution in [2.45, 2.75) is 56.8 Å². The second kappa shape index (κ2) is 5.91. The van der Waals surface area contributed by atoms with Crippen LogP contribution >= 0.6 is 0 Å². The summed E-state index contributed by atoms with van der Waals surface area (Å²) < 4.78 is 0. The van der Waals surface area contributed by atoms with Crippen molar-refractivity contribution in [3.63, 3.8) is 0 Å². The van der Waals surface area contributed by atoms with Gasteiger partial charge in [0.05, 0.1) is 17.6 Å². The lowest BCUT2D eigenvalue weighted by Gasteiger charge is -2.33. The van der Waals surface area contributed by atoms with Crippen molar-refractivity contribution in [3.8, 4) is 0 Å². The van der Waals surface area contributed by atoms with Gasteiger partial charge in [-0.15, -0.1) is 0 Å². The number of nitrogens with one attached hydrogen (secondary N) is 1. The molecule has 1 aromatic heterocycles. The zero-order valence-electron chi connectivity index (χ0n) is 12.9. The van der Waals surface area contributed by atoms with Crippen LogP contribution in [0, 0.1) is 0 Å². The molecule has 0 amide bonds. The predicted molar refractivity (Wildman–Crippen MR) is 84.9 cm³/mol. The first-order valence-corrected chi connectivity index (χ1v) is 8.74. The topological polar surface area (TPSA) is 41.1 Å². The molecule has 3 aliphatic rings. The maximum absolute atomic E-state index is 5.06. The molecular weight excluding hydrogens is 260 g/mol. The Balaban J connectivity index is 1.66. The summed E-state index contributed by atoms with van der Waals surface area (Å²) in [5.74, 6) is 2.45. The van der Waals surface area contributed by atoms with Crippen LogP contribution in [0.4, 0.5) is 5.69 Å². The zero-order valence-corrected chi connectivity index (χ0v) is 12.9. The van der Waals surface area contributed by atoms with Gasteiger partial charge >= 0.3 is 0 Å². The lowest BCUT2D eigenvalue weighted by Crippen LogP contribution is -2.44. The smallest absolute Gasteiger partial charge is 0.131 e. The molecule has 2 heterocycles. The standard InChI is InChI=1S/C17H26N4/c1-2-4-13(5-3-1)16-15(21-10-8-18-9-11-21)12-19-17(20-16)14-6-7-14/h12-14,18H,1-11H2. The van der Waals surface area contributed by atoms with Crippen molar-refractivity contribution in [1.29, 1.82) is 0 Å². The van der Waals surface area contributed by atoms with Gasteiger partial charge in [-0.3, -0.25) is 0 Å². The lowest BCUT2D eigenvalue weighted by molar-refractivity contribution is 0.434. The Morgan fingerprint density at radius 2 is 1.71 bits per heavy atom. The molecule has 2 saturated carbocycles. The molecule has 0 spiro atoms. The molecule has 1 aromatic rings. The monoisotopic (exact) mass is 286 g/mol. The van der Waals surface area contributed by atoms with Crippen LogP contribution < -0.4 is 10.2 Å². The average molecular weight is 286 g/mol. The first kappa shape index (κ1) is 13.5. The van der Waals surface area contributed by atoms with E-state index in [2.05, 4.69) is 16.4 Å². The third-order valence-corrected chi connectivity index (χ3v) is 5.21. The normalized spacial score (nSPS) is 24.3. The summed E-state index contributed by atoms with van der Waals surface area (Å²) in [7, 11) is 0. The summed E-state index contributed by atoms with van der Waals surface area (Å²) in [6, 6.07) is 0. The fourth-order valence-corrected chi connectivity index (χ4v) is 3.77. The van der Waals surface area contributed by atoms with E-state index in [1.807, 2.05) is 0 Å². The van der Waals surface area contributed by atoms with Crippen molar-refractivity contribution in [2.24, 2.45) is 0 Å². The fraction of sp³-hybridized carbons (Fsp3) is 0.765. The molecule has 0 unspecified atom stereocenters. The zero-order chi connectivity index (χ0) is 14.1. The van der Waals surface area contributed by atoms with Crippen LogP contribution in [0.15, 0.2) is 6.20 Å². The second-order valence-corrected chi connectivity index (χ2v) is 6.84. The third-order valence-electron chi connectivity index (χ3n) is 5.21. The van der Waals surface area contributed by atoms with Crippen LogP contribution in [-0.2, 0) is 0 Å². The van der Waals surface area contributed by atoms with E-state index in [4.69, 9.17) is 9.97 Å². The van der Waals surface area contributed by atoms with E-state index >= 15 is 0 Å². The Bertz CT molecular complexity index is 486. The fourth-order valence-electron chi connectivity index (χ4n) is 3.77. The molecule has 21 heavy (non-hydrogen) atoms. The Labute approximate surface area is 127 Å². The van der Waals surface area contributed by atoms with Crippen molar-refractivity contribution < 1.29 is 0 Å². The summed E-state index contributed by atoms with van der Waals surface area (Å²) in [6.07, 6.45) is 11.5. The number of rotatable bonds is 3. The first-order valence-electron chi connectivity index (χ1n) is 8.74. The molecule has 2 aliphatic carbocycles. The SMILES string of the molecule is c1nc(C2CC2)nc(C2CCCCC2)c1N1CCNCC1. The maximum Gasteiger partial charge on any atom is 0.131 e. The summed E-state index contributed by atoms with van der Waals surface area (Å²) in [5, 5.41) is 3.44. The highest BCUT2D eigenvalue weighted by molar-refractivity contribution is 5.51. The van der Waals surface area contributed by atoms with E-state index < -0.39 is 0 Å². The molecule has 4 rings (SSSR count). The quantitative estimate of drug-likeness (QED) is 0.927. The van der Waals surface area contributed by atoms with E-state index in [1.54, 1.807) is 0 Å².